The fourth-order valence-electron chi connectivity index (χ4n) is 2.32. The first-order valence-corrected chi connectivity index (χ1v) is 5.60. The number of Topliss-reactive ketones (excluding diaryl/α,β-unsaturated/α-hetero) is 1. The van der Waals surface area contributed by atoms with Gasteiger partial charge in [0, 0.05) is 11.5 Å². The average molecular weight is 236 g/mol. The predicted molar refractivity (Wildman–Crippen MR) is 59.2 cm³/mol. The van der Waals surface area contributed by atoms with E-state index in [0.29, 0.717) is 24.8 Å². The van der Waals surface area contributed by atoms with Gasteiger partial charge in [-0.15, -0.1) is 0 Å². The lowest BCUT2D eigenvalue weighted by molar-refractivity contribution is -0.141. The minimum atomic E-state index is -0.848. The van der Waals surface area contributed by atoms with Crippen LogP contribution in [0.15, 0.2) is 24.3 Å². The van der Waals surface area contributed by atoms with Gasteiger partial charge in [-0.2, -0.15) is 0 Å². The molecule has 3 nitrogen and oxygen atoms in total. The molecule has 0 heterocycles. The maximum atomic E-state index is 13.0. The molecule has 1 N–H and O–H groups in total. The first-order chi connectivity index (χ1) is 8.08. The lowest BCUT2D eigenvalue weighted by atomic mass is 9.95. The standard InChI is InChI=1S/C13H13FO3/c14-11-3-1-2-8(7-11)12(15)9-4-5-10(6-9)13(16)17/h1-3,7,9-10H,4-6H2,(H,16,17)/t9-,10+/m0/s1. The Morgan fingerprint density at radius 3 is 2.53 bits per heavy atom. The van der Waals surface area contributed by atoms with Gasteiger partial charge in [0.2, 0.25) is 0 Å². The number of ketones is 1. The zero-order valence-electron chi connectivity index (χ0n) is 9.23. The molecule has 0 aliphatic heterocycles. The highest BCUT2D eigenvalue weighted by molar-refractivity contribution is 5.98. The molecule has 17 heavy (non-hydrogen) atoms. The first kappa shape index (κ1) is 11.8. The van der Waals surface area contributed by atoms with Gasteiger partial charge in [0.1, 0.15) is 5.82 Å². The highest BCUT2D eigenvalue weighted by Crippen LogP contribution is 2.33. The van der Waals surface area contributed by atoms with E-state index in [1.165, 1.54) is 18.2 Å². The highest BCUT2D eigenvalue weighted by Gasteiger charge is 2.34. The minimum absolute atomic E-state index is 0.145. The van der Waals surface area contributed by atoms with E-state index >= 15 is 0 Å². The van der Waals surface area contributed by atoms with Gasteiger partial charge in [0.15, 0.2) is 5.78 Å². The van der Waals surface area contributed by atoms with Crippen molar-refractivity contribution in [1.29, 1.82) is 0 Å². The van der Waals surface area contributed by atoms with E-state index in [2.05, 4.69) is 0 Å². The number of carbonyl (C=O) groups is 2. The third-order valence-electron chi connectivity index (χ3n) is 3.26. The van der Waals surface area contributed by atoms with Crippen LogP contribution in [-0.2, 0) is 4.79 Å². The number of carboxylic acid groups (broad SMARTS) is 1. The SMILES string of the molecule is O=C(O)[C@@H]1CC[C@H](C(=O)c2cccc(F)c2)C1. The summed E-state index contributed by atoms with van der Waals surface area (Å²) in [6.07, 6.45) is 1.47. The first-order valence-electron chi connectivity index (χ1n) is 5.60. The topological polar surface area (TPSA) is 54.4 Å². The molecule has 1 aliphatic rings. The lowest BCUT2D eigenvalue weighted by Crippen LogP contribution is -2.14. The molecule has 2 atom stereocenters. The maximum absolute atomic E-state index is 13.0. The maximum Gasteiger partial charge on any atom is 0.306 e. The number of rotatable bonds is 3. The molecule has 2 rings (SSSR count). The molecular formula is C13H13FO3. The summed E-state index contributed by atoms with van der Waals surface area (Å²) < 4.78 is 13.0. The Hall–Kier alpha value is -1.71. The molecule has 1 fully saturated rings. The van der Waals surface area contributed by atoms with Gasteiger partial charge in [-0.05, 0) is 31.4 Å². The monoisotopic (exact) mass is 236 g/mol. The van der Waals surface area contributed by atoms with Crippen LogP contribution in [0, 0.1) is 17.7 Å². The van der Waals surface area contributed by atoms with E-state index in [1.54, 1.807) is 6.07 Å². The van der Waals surface area contributed by atoms with E-state index < -0.39 is 17.7 Å². The zero-order valence-corrected chi connectivity index (χ0v) is 9.23. The largest absolute Gasteiger partial charge is 0.481 e. The summed E-state index contributed by atoms with van der Waals surface area (Å²) in [5.74, 6) is -2.15. The van der Waals surface area contributed by atoms with Crippen LogP contribution in [0.1, 0.15) is 29.6 Å². The molecule has 0 bridgehead atoms. The van der Waals surface area contributed by atoms with Crippen molar-refractivity contribution < 1.29 is 19.1 Å². The molecule has 0 radical (unpaired) electrons. The second kappa shape index (κ2) is 4.65. The molecule has 0 aromatic heterocycles. The quantitative estimate of drug-likeness (QED) is 0.820. The summed E-state index contributed by atoms with van der Waals surface area (Å²) >= 11 is 0. The van der Waals surface area contributed by atoms with Crippen molar-refractivity contribution >= 4 is 11.8 Å². The highest BCUT2D eigenvalue weighted by atomic mass is 19.1. The van der Waals surface area contributed by atoms with Crippen molar-refractivity contribution in [2.24, 2.45) is 11.8 Å². The van der Waals surface area contributed by atoms with Crippen molar-refractivity contribution in [3.05, 3.63) is 35.6 Å². The smallest absolute Gasteiger partial charge is 0.306 e. The van der Waals surface area contributed by atoms with Gasteiger partial charge in [-0.1, -0.05) is 12.1 Å². The van der Waals surface area contributed by atoms with Gasteiger partial charge in [-0.3, -0.25) is 9.59 Å². The van der Waals surface area contributed by atoms with E-state index in [1.807, 2.05) is 0 Å². The van der Waals surface area contributed by atoms with Crippen LogP contribution >= 0.6 is 0 Å². The second-order valence-electron chi connectivity index (χ2n) is 4.42. The van der Waals surface area contributed by atoms with Crippen molar-refractivity contribution in [3.8, 4) is 0 Å². The second-order valence-corrected chi connectivity index (χ2v) is 4.42. The molecular weight excluding hydrogens is 223 g/mol. The number of hydrogen-bond acceptors (Lipinski definition) is 2. The van der Waals surface area contributed by atoms with E-state index in [-0.39, 0.29) is 11.7 Å². The predicted octanol–water partition coefficient (Wildman–Crippen LogP) is 2.51. The number of halogens is 1. The van der Waals surface area contributed by atoms with Crippen molar-refractivity contribution in [1.82, 2.24) is 0 Å². The van der Waals surface area contributed by atoms with Gasteiger partial charge in [0.25, 0.3) is 0 Å². The number of carboxylic acids is 1. The molecule has 0 unspecified atom stereocenters. The average Bonchev–Trinajstić information content (AvgIpc) is 2.77. The molecule has 1 aromatic rings. The fraction of sp³-hybridized carbons (Fsp3) is 0.385. The third kappa shape index (κ3) is 2.52. The molecule has 4 heteroatoms. The van der Waals surface area contributed by atoms with Gasteiger partial charge < -0.3 is 5.11 Å². The minimum Gasteiger partial charge on any atom is -0.481 e. The van der Waals surface area contributed by atoms with E-state index in [9.17, 15) is 14.0 Å². The number of aliphatic carboxylic acids is 1. The molecule has 1 aromatic carbocycles. The molecule has 0 amide bonds. The Labute approximate surface area is 98.3 Å². The summed E-state index contributed by atoms with van der Waals surface area (Å²) in [5.41, 5.74) is 0.334. The summed E-state index contributed by atoms with van der Waals surface area (Å²) in [5, 5.41) is 8.86. The number of benzene rings is 1. The molecule has 0 saturated heterocycles. The van der Waals surface area contributed by atoms with Crippen LogP contribution < -0.4 is 0 Å². The Balaban J connectivity index is 2.09. The summed E-state index contributed by atoms with van der Waals surface area (Å²) in [7, 11) is 0. The molecule has 0 spiro atoms. The van der Waals surface area contributed by atoms with Gasteiger partial charge in [0.05, 0.1) is 5.92 Å². The third-order valence-corrected chi connectivity index (χ3v) is 3.26. The normalized spacial score (nSPS) is 23.6. The molecule has 1 aliphatic carbocycles. The molecule has 90 valence electrons. The Kier molecular flexibility index (Phi) is 3.22. The van der Waals surface area contributed by atoms with Crippen LogP contribution in [-0.4, -0.2) is 16.9 Å². The number of hydrogen-bond donors (Lipinski definition) is 1. The van der Waals surface area contributed by atoms with Crippen LogP contribution in [0.4, 0.5) is 4.39 Å². The summed E-state index contributed by atoms with van der Waals surface area (Å²) in [6, 6.07) is 5.55. The van der Waals surface area contributed by atoms with Crippen molar-refractivity contribution in [2.45, 2.75) is 19.3 Å². The van der Waals surface area contributed by atoms with Gasteiger partial charge in [-0.25, -0.2) is 4.39 Å². The van der Waals surface area contributed by atoms with E-state index in [0.717, 1.165) is 0 Å². The lowest BCUT2D eigenvalue weighted by Gasteiger charge is -2.08. The summed E-state index contributed by atoms with van der Waals surface area (Å²) in [4.78, 5) is 22.8. The van der Waals surface area contributed by atoms with Crippen LogP contribution in [0.5, 0.6) is 0 Å². The Morgan fingerprint density at radius 1 is 1.24 bits per heavy atom. The summed E-state index contributed by atoms with van der Waals surface area (Å²) in [6.45, 7) is 0. The van der Waals surface area contributed by atoms with E-state index in [4.69, 9.17) is 5.11 Å². The fourth-order valence-corrected chi connectivity index (χ4v) is 2.32. The van der Waals surface area contributed by atoms with Gasteiger partial charge >= 0.3 is 5.97 Å². The zero-order chi connectivity index (χ0) is 12.4. The van der Waals surface area contributed by atoms with Crippen LogP contribution in [0.2, 0.25) is 0 Å². The number of carbonyl (C=O) groups excluding carboxylic acids is 1. The Morgan fingerprint density at radius 2 is 1.94 bits per heavy atom. The van der Waals surface area contributed by atoms with Crippen LogP contribution in [0.3, 0.4) is 0 Å². The molecule has 1 saturated carbocycles. The van der Waals surface area contributed by atoms with Crippen molar-refractivity contribution in [2.75, 3.05) is 0 Å². The Bertz CT molecular complexity index is 456. The van der Waals surface area contributed by atoms with Crippen LogP contribution in [0.25, 0.3) is 0 Å². The van der Waals surface area contributed by atoms with Crippen molar-refractivity contribution in [3.63, 3.8) is 0 Å².